The monoisotopic (exact) mass is 537 g/mol. The lowest BCUT2D eigenvalue weighted by molar-refractivity contribution is 0.0689. The molecule has 0 unspecified atom stereocenters. The van der Waals surface area contributed by atoms with E-state index in [0.29, 0.717) is 35.3 Å². The highest BCUT2D eigenvalue weighted by molar-refractivity contribution is 5.95. The highest BCUT2D eigenvalue weighted by Crippen LogP contribution is 2.32. The van der Waals surface area contributed by atoms with E-state index < -0.39 is 0 Å². The normalized spacial score (nSPS) is 14.3. The van der Waals surface area contributed by atoms with Gasteiger partial charge in [-0.2, -0.15) is 5.10 Å². The van der Waals surface area contributed by atoms with Gasteiger partial charge in [0.15, 0.2) is 0 Å². The summed E-state index contributed by atoms with van der Waals surface area (Å²) < 4.78 is 26.9. The number of piperazine rings is 1. The number of hydrogen-bond donors (Lipinski definition) is 0. The molecule has 1 aliphatic heterocycles. The molecule has 0 aliphatic carbocycles. The van der Waals surface area contributed by atoms with Gasteiger partial charge < -0.3 is 19.3 Å². The van der Waals surface area contributed by atoms with E-state index in [0.717, 1.165) is 43.3 Å². The molecule has 0 N–H and O–H groups in total. The number of hydrogen-bond acceptors (Lipinski definition) is 6. The van der Waals surface area contributed by atoms with Crippen molar-refractivity contribution < 1.29 is 18.7 Å². The third kappa shape index (κ3) is 6.19. The maximum Gasteiger partial charge on any atom is 0.254 e. The molecule has 1 aromatic heterocycles. The Balaban J connectivity index is 1.76. The lowest BCUT2D eigenvalue weighted by Gasteiger charge is -2.39. The fraction of sp³-hybridized carbons (Fsp3) is 0.467. The fourth-order valence-electron chi connectivity index (χ4n) is 5.05. The molecule has 3 aromatic rings. The summed E-state index contributed by atoms with van der Waals surface area (Å²) in [6.07, 6.45) is 0. The van der Waals surface area contributed by atoms with Crippen molar-refractivity contribution in [3.05, 3.63) is 65.1 Å². The number of amides is 1. The maximum absolute atomic E-state index is 14.3. The van der Waals surface area contributed by atoms with E-state index in [1.165, 1.54) is 12.1 Å². The van der Waals surface area contributed by atoms with Crippen LogP contribution in [0.1, 0.15) is 49.3 Å². The molecule has 4 rings (SSSR count). The van der Waals surface area contributed by atoms with Gasteiger partial charge in [0.25, 0.3) is 5.91 Å². The van der Waals surface area contributed by atoms with E-state index in [1.807, 2.05) is 36.4 Å². The first-order chi connectivity index (χ1) is 18.6. The van der Waals surface area contributed by atoms with Crippen molar-refractivity contribution in [2.45, 2.75) is 53.2 Å². The van der Waals surface area contributed by atoms with E-state index in [9.17, 15) is 9.18 Å². The van der Waals surface area contributed by atoms with Crippen molar-refractivity contribution >= 4 is 11.7 Å². The van der Waals surface area contributed by atoms with Crippen LogP contribution in [0.15, 0.2) is 42.5 Å². The average Bonchev–Trinajstić information content (AvgIpc) is 3.26. The van der Waals surface area contributed by atoms with Crippen LogP contribution in [-0.4, -0.2) is 78.0 Å². The molecule has 1 saturated heterocycles. The molecule has 1 amide bonds. The third-order valence-corrected chi connectivity index (χ3v) is 7.37. The molecule has 9 heteroatoms. The standard InChI is InChI=1S/C30H40FN5O3/c1-20(2)33-11-13-34(14-12-33)29-28(22(5)32-36(29)25-10-8-9-24(31)17-25)19-35(21(3)4)30(37)23-15-26(38-6)18-27(16-23)39-7/h8-10,15-18,20-21H,11-14,19H2,1-7H3. The number of nitrogens with zero attached hydrogens (tertiary/aromatic N) is 5. The molecule has 1 aliphatic rings. The Labute approximate surface area is 230 Å². The minimum atomic E-state index is -0.316. The molecule has 8 nitrogen and oxygen atoms in total. The summed E-state index contributed by atoms with van der Waals surface area (Å²) in [5.41, 5.74) is 2.91. The molecule has 1 fully saturated rings. The Hall–Kier alpha value is -3.59. The highest BCUT2D eigenvalue weighted by Gasteiger charge is 2.30. The first-order valence-electron chi connectivity index (χ1n) is 13.5. The van der Waals surface area contributed by atoms with Gasteiger partial charge in [0.05, 0.1) is 32.1 Å². The van der Waals surface area contributed by atoms with Gasteiger partial charge in [0.2, 0.25) is 0 Å². The molecular weight excluding hydrogens is 497 g/mol. The lowest BCUT2D eigenvalue weighted by atomic mass is 10.1. The number of halogens is 1. The number of methoxy groups -OCH3 is 2. The molecule has 0 atom stereocenters. The topological polar surface area (TPSA) is 63.1 Å². The SMILES string of the molecule is COc1cc(OC)cc(C(=O)N(Cc2c(C)nn(-c3cccc(F)c3)c2N2CCN(C(C)C)CC2)C(C)C)c1. The fourth-order valence-corrected chi connectivity index (χ4v) is 5.05. The summed E-state index contributed by atoms with van der Waals surface area (Å²) in [5.74, 6) is 1.57. The second-order valence-corrected chi connectivity index (χ2v) is 10.5. The molecule has 2 aromatic carbocycles. The Morgan fingerprint density at radius 1 is 1.00 bits per heavy atom. The van der Waals surface area contributed by atoms with Gasteiger partial charge in [-0.1, -0.05) is 6.07 Å². The zero-order valence-electron chi connectivity index (χ0n) is 24.1. The van der Waals surface area contributed by atoms with Crippen LogP contribution in [0.5, 0.6) is 11.5 Å². The summed E-state index contributed by atoms with van der Waals surface area (Å²) in [5, 5.41) is 4.87. The molecule has 0 saturated carbocycles. The van der Waals surface area contributed by atoms with Crippen LogP contribution in [-0.2, 0) is 6.54 Å². The van der Waals surface area contributed by atoms with Crippen LogP contribution >= 0.6 is 0 Å². The molecule has 0 spiro atoms. The summed E-state index contributed by atoms with van der Waals surface area (Å²) in [4.78, 5) is 20.5. The van der Waals surface area contributed by atoms with E-state index in [1.54, 1.807) is 38.5 Å². The number of carbonyl (C=O) groups excluding carboxylic acids is 1. The van der Waals surface area contributed by atoms with Crippen molar-refractivity contribution in [2.24, 2.45) is 0 Å². The average molecular weight is 538 g/mol. The minimum Gasteiger partial charge on any atom is -0.497 e. The Morgan fingerprint density at radius 2 is 1.64 bits per heavy atom. The molecular formula is C30H40FN5O3. The van der Waals surface area contributed by atoms with Gasteiger partial charge >= 0.3 is 0 Å². The van der Waals surface area contributed by atoms with Gasteiger partial charge in [0, 0.05) is 55.5 Å². The molecule has 39 heavy (non-hydrogen) atoms. The van der Waals surface area contributed by atoms with Crippen LogP contribution in [0.3, 0.4) is 0 Å². The van der Waals surface area contributed by atoms with Crippen molar-refractivity contribution in [2.75, 3.05) is 45.3 Å². The summed E-state index contributed by atoms with van der Waals surface area (Å²) in [6.45, 7) is 14.2. The van der Waals surface area contributed by atoms with Crippen LogP contribution in [0, 0.1) is 12.7 Å². The summed E-state index contributed by atoms with van der Waals surface area (Å²) in [6, 6.07) is 12.1. The van der Waals surface area contributed by atoms with Crippen molar-refractivity contribution in [3.63, 3.8) is 0 Å². The summed E-state index contributed by atoms with van der Waals surface area (Å²) >= 11 is 0. The quantitative estimate of drug-likeness (QED) is 0.386. The van der Waals surface area contributed by atoms with Crippen LogP contribution in [0.4, 0.5) is 10.2 Å². The predicted molar refractivity (Wildman–Crippen MR) is 152 cm³/mol. The Morgan fingerprint density at radius 3 is 2.18 bits per heavy atom. The van der Waals surface area contributed by atoms with E-state index in [2.05, 4.69) is 23.6 Å². The van der Waals surface area contributed by atoms with Gasteiger partial charge in [-0.25, -0.2) is 9.07 Å². The Bertz CT molecular complexity index is 1280. The van der Waals surface area contributed by atoms with Crippen molar-refractivity contribution in [3.8, 4) is 17.2 Å². The number of carbonyl (C=O) groups is 1. The number of aromatic nitrogens is 2. The highest BCUT2D eigenvalue weighted by atomic mass is 19.1. The maximum atomic E-state index is 14.3. The van der Waals surface area contributed by atoms with Gasteiger partial charge in [-0.05, 0) is 65.0 Å². The number of ether oxygens (including phenoxy) is 2. The molecule has 210 valence electrons. The summed E-state index contributed by atoms with van der Waals surface area (Å²) in [7, 11) is 3.14. The van der Waals surface area contributed by atoms with Crippen molar-refractivity contribution in [1.29, 1.82) is 0 Å². The van der Waals surface area contributed by atoms with Crippen LogP contribution in [0.25, 0.3) is 5.69 Å². The van der Waals surface area contributed by atoms with Gasteiger partial charge in [-0.15, -0.1) is 0 Å². The third-order valence-electron chi connectivity index (χ3n) is 7.37. The van der Waals surface area contributed by atoms with E-state index in [4.69, 9.17) is 14.6 Å². The van der Waals surface area contributed by atoms with E-state index >= 15 is 0 Å². The number of aryl methyl sites for hydroxylation is 1. The number of benzene rings is 2. The molecule has 2 heterocycles. The zero-order valence-corrected chi connectivity index (χ0v) is 24.1. The first kappa shape index (κ1) is 28.4. The predicted octanol–water partition coefficient (Wildman–Crippen LogP) is 4.92. The van der Waals surface area contributed by atoms with Gasteiger partial charge in [-0.3, -0.25) is 9.69 Å². The molecule has 0 radical (unpaired) electrons. The minimum absolute atomic E-state index is 0.0859. The Kier molecular flexibility index (Phi) is 8.80. The second kappa shape index (κ2) is 12.1. The smallest absolute Gasteiger partial charge is 0.254 e. The lowest BCUT2D eigenvalue weighted by Crippen LogP contribution is -2.49. The van der Waals surface area contributed by atoms with Crippen molar-refractivity contribution in [1.82, 2.24) is 19.6 Å². The zero-order chi connectivity index (χ0) is 28.3. The molecule has 0 bridgehead atoms. The van der Waals surface area contributed by atoms with Crippen LogP contribution in [0.2, 0.25) is 0 Å². The number of anilines is 1. The first-order valence-corrected chi connectivity index (χ1v) is 13.5. The van der Waals surface area contributed by atoms with E-state index in [-0.39, 0.29) is 17.8 Å². The number of rotatable bonds is 9. The largest absolute Gasteiger partial charge is 0.497 e. The van der Waals surface area contributed by atoms with Crippen LogP contribution < -0.4 is 14.4 Å². The van der Waals surface area contributed by atoms with Gasteiger partial charge in [0.1, 0.15) is 23.1 Å². The second-order valence-electron chi connectivity index (χ2n) is 10.5.